The molecule has 0 spiro atoms. The van der Waals surface area contributed by atoms with E-state index in [-0.39, 0.29) is 0 Å². The number of carbonyl (C=O) groups is 6. The van der Waals surface area contributed by atoms with Crippen molar-refractivity contribution in [1.82, 2.24) is 0 Å². The molecule has 1 unspecified atom stereocenters. The highest BCUT2D eigenvalue weighted by Gasteiger charge is 2.49. The Balaban J connectivity index is 5.76. The minimum atomic E-state index is -2.71. The molecule has 13 heteroatoms. The SMILES string of the molecule is CC(=O)OC(=O)CC(CC(=O)OC(C)=O)(OOCC(O)CO)C(=O)OC(C)=O. The Bertz CT molecular complexity index is 593. The number of aliphatic hydroxyl groups is 2. The van der Waals surface area contributed by atoms with E-state index in [0.717, 1.165) is 20.8 Å². The molecule has 28 heavy (non-hydrogen) atoms. The second-order valence-electron chi connectivity index (χ2n) is 5.36. The molecule has 0 fully saturated rings. The van der Waals surface area contributed by atoms with Crippen LogP contribution in [-0.4, -0.2) is 70.9 Å². The molecule has 0 rings (SSSR count). The number of hydrogen-bond donors (Lipinski definition) is 2. The molecular weight excluding hydrogens is 388 g/mol. The number of carbonyl (C=O) groups excluding carboxylic acids is 6. The van der Waals surface area contributed by atoms with Gasteiger partial charge < -0.3 is 24.4 Å². The fraction of sp³-hybridized carbons (Fsp3) is 0.600. The molecule has 13 nitrogen and oxygen atoms in total. The summed E-state index contributed by atoms with van der Waals surface area (Å²) in [7, 11) is 0. The highest BCUT2D eigenvalue weighted by atomic mass is 17.2. The Morgan fingerprint density at radius 3 is 1.61 bits per heavy atom. The smallest absolute Gasteiger partial charge is 0.350 e. The van der Waals surface area contributed by atoms with Crippen LogP contribution < -0.4 is 0 Å². The van der Waals surface area contributed by atoms with Crippen molar-refractivity contribution in [2.24, 2.45) is 0 Å². The van der Waals surface area contributed by atoms with E-state index in [1.807, 2.05) is 0 Å². The van der Waals surface area contributed by atoms with Gasteiger partial charge in [0.2, 0.25) is 5.60 Å². The Hall–Kier alpha value is -2.74. The number of aliphatic hydroxyl groups excluding tert-OH is 2. The van der Waals surface area contributed by atoms with E-state index >= 15 is 0 Å². The zero-order valence-corrected chi connectivity index (χ0v) is 15.3. The molecule has 0 radical (unpaired) electrons. The molecule has 0 saturated carbocycles. The lowest BCUT2D eigenvalue weighted by molar-refractivity contribution is -0.362. The van der Waals surface area contributed by atoms with Crippen LogP contribution in [0.3, 0.4) is 0 Å². The second-order valence-corrected chi connectivity index (χ2v) is 5.36. The van der Waals surface area contributed by atoms with E-state index in [1.54, 1.807) is 0 Å². The first-order valence-corrected chi connectivity index (χ1v) is 7.66. The molecule has 0 aliphatic carbocycles. The first-order valence-electron chi connectivity index (χ1n) is 7.66. The van der Waals surface area contributed by atoms with Gasteiger partial charge in [0, 0.05) is 20.8 Å². The van der Waals surface area contributed by atoms with Gasteiger partial charge in [-0.15, -0.1) is 0 Å². The van der Waals surface area contributed by atoms with Crippen molar-refractivity contribution in [1.29, 1.82) is 0 Å². The van der Waals surface area contributed by atoms with Crippen LogP contribution in [0.25, 0.3) is 0 Å². The van der Waals surface area contributed by atoms with E-state index in [4.69, 9.17) is 9.99 Å². The van der Waals surface area contributed by atoms with Gasteiger partial charge in [0.1, 0.15) is 12.7 Å². The summed E-state index contributed by atoms with van der Waals surface area (Å²) < 4.78 is 12.8. The lowest BCUT2D eigenvalue weighted by atomic mass is 9.95. The van der Waals surface area contributed by atoms with Gasteiger partial charge in [-0.25, -0.2) is 14.6 Å². The predicted molar refractivity (Wildman–Crippen MR) is 82.4 cm³/mol. The third-order valence-electron chi connectivity index (χ3n) is 2.67. The van der Waals surface area contributed by atoms with Crippen molar-refractivity contribution in [2.45, 2.75) is 45.3 Å². The van der Waals surface area contributed by atoms with Crippen LogP contribution in [0, 0.1) is 0 Å². The second kappa shape index (κ2) is 11.9. The number of esters is 6. The maximum Gasteiger partial charge on any atom is 0.350 e. The molecule has 0 aromatic heterocycles. The summed E-state index contributed by atoms with van der Waals surface area (Å²) in [4.78, 5) is 78.2. The number of rotatable bonds is 10. The Labute approximate surface area is 158 Å². The number of ether oxygens (including phenoxy) is 3. The third-order valence-corrected chi connectivity index (χ3v) is 2.67. The molecule has 0 aliphatic rings. The Kier molecular flexibility index (Phi) is 10.7. The predicted octanol–water partition coefficient (Wildman–Crippen LogP) is -1.92. The normalized spacial score (nSPS) is 11.9. The van der Waals surface area contributed by atoms with Crippen LogP contribution >= 0.6 is 0 Å². The zero-order valence-electron chi connectivity index (χ0n) is 15.3. The van der Waals surface area contributed by atoms with Gasteiger partial charge in [-0.2, -0.15) is 0 Å². The Morgan fingerprint density at radius 2 is 1.25 bits per heavy atom. The molecule has 0 aromatic rings. The van der Waals surface area contributed by atoms with E-state index in [2.05, 4.69) is 19.1 Å². The van der Waals surface area contributed by atoms with Gasteiger partial charge in [-0.3, -0.25) is 24.0 Å². The van der Waals surface area contributed by atoms with Gasteiger partial charge in [-0.05, 0) is 0 Å². The first-order chi connectivity index (χ1) is 12.9. The summed E-state index contributed by atoms with van der Waals surface area (Å²) in [5, 5.41) is 18.0. The molecule has 1 atom stereocenters. The summed E-state index contributed by atoms with van der Waals surface area (Å²) in [6.45, 7) is 1.11. The summed E-state index contributed by atoms with van der Waals surface area (Å²) >= 11 is 0. The van der Waals surface area contributed by atoms with Crippen LogP contribution in [0.4, 0.5) is 0 Å². The lowest BCUT2D eigenvalue weighted by Crippen LogP contribution is -2.48. The van der Waals surface area contributed by atoms with Gasteiger partial charge in [0.25, 0.3) is 0 Å². The Morgan fingerprint density at radius 1 is 0.821 bits per heavy atom. The number of hydrogen-bond acceptors (Lipinski definition) is 13. The topological polar surface area (TPSA) is 189 Å². The molecule has 0 heterocycles. The van der Waals surface area contributed by atoms with E-state index in [0.29, 0.717) is 0 Å². The first kappa shape index (κ1) is 25.3. The van der Waals surface area contributed by atoms with Crippen molar-refractivity contribution >= 4 is 35.8 Å². The van der Waals surface area contributed by atoms with E-state index in [9.17, 15) is 33.9 Å². The van der Waals surface area contributed by atoms with Gasteiger partial charge in [-0.1, -0.05) is 0 Å². The fourth-order valence-electron chi connectivity index (χ4n) is 1.66. The summed E-state index contributed by atoms with van der Waals surface area (Å²) in [6, 6.07) is 0. The van der Waals surface area contributed by atoms with Crippen molar-refractivity contribution in [2.75, 3.05) is 13.2 Å². The van der Waals surface area contributed by atoms with Crippen molar-refractivity contribution in [3.63, 3.8) is 0 Å². The molecule has 0 saturated heterocycles. The van der Waals surface area contributed by atoms with Gasteiger partial charge in [0.15, 0.2) is 0 Å². The van der Waals surface area contributed by atoms with E-state index in [1.165, 1.54) is 0 Å². The van der Waals surface area contributed by atoms with Crippen molar-refractivity contribution < 1.29 is 63.0 Å². The molecule has 0 aliphatic heterocycles. The quantitative estimate of drug-likeness (QED) is 0.134. The van der Waals surface area contributed by atoms with Crippen molar-refractivity contribution in [3.8, 4) is 0 Å². The minimum Gasteiger partial charge on any atom is -0.394 e. The molecule has 0 bridgehead atoms. The highest BCUT2D eigenvalue weighted by Crippen LogP contribution is 2.26. The largest absolute Gasteiger partial charge is 0.394 e. The minimum absolute atomic E-state index is 0.727. The van der Waals surface area contributed by atoms with Gasteiger partial charge in [0.05, 0.1) is 19.4 Å². The summed E-state index contributed by atoms with van der Waals surface area (Å²) in [5.41, 5.74) is -2.71. The van der Waals surface area contributed by atoms with Crippen LogP contribution in [-0.2, 0) is 52.8 Å². The molecular formula is C15H20O13. The standard InChI is InChI=1S/C15H20O13/c1-8(17)25-12(21)4-15(14(23)27-10(3)19,5-13(22)26-9(2)18)28-24-7-11(20)6-16/h11,16,20H,4-7H2,1-3H3. The third kappa shape index (κ3) is 9.82. The maximum atomic E-state index is 12.3. The van der Waals surface area contributed by atoms with Crippen LogP contribution in [0.1, 0.15) is 33.6 Å². The zero-order chi connectivity index (χ0) is 21.9. The average molecular weight is 408 g/mol. The maximum absolute atomic E-state index is 12.3. The molecule has 0 amide bonds. The lowest BCUT2D eigenvalue weighted by Gasteiger charge is -2.27. The average Bonchev–Trinajstić information content (AvgIpc) is 2.51. The van der Waals surface area contributed by atoms with Crippen molar-refractivity contribution in [3.05, 3.63) is 0 Å². The molecule has 2 N–H and O–H groups in total. The molecule has 158 valence electrons. The van der Waals surface area contributed by atoms with Crippen LogP contribution in [0.15, 0.2) is 0 Å². The van der Waals surface area contributed by atoms with Crippen LogP contribution in [0.2, 0.25) is 0 Å². The fourth-order valence-corrected chi connectivity index (χ4v) is 1.66. The van der Waals surface area contributed by atoms with E-state index < -0.39 is 73.6 Å². The molecule has 0 aromatic carbocycles. The van der Waals surface area contributed by atoms with Crippen LogP contribution in [0.5, 0.6) is 0 Å². The highest BCUT2D eigenvalue weighted by molar-refractivity contribution is 5.97. The monoisotopic (exact) mass is 408 g/mol. The van der Waals surface area contributed by atoms with Gasteiger partial charge >= 0.3 is 35.8 Å². The summed E-state index contributed by atoms with van der Waals surface area (Å²) in [6.07, 6.45) is -3.79. The summed E-state index contributed by atoms with van der Waals surface area (Å²) in [5.74, 6) is -7.58.